The standard InChI is InChI=1S/C21H17N3O2/c1-26-20-10-6-5-9-17(20)23-21(25)15-11-12-19-18(13-15)22-14-24(19)16-7-3-2-4-8-16/h2-14H,1H3,(H,23,25). The highest BCUT2D eigenvalue weighted by atomic mass is 16.5. The molecule has 0 saturated carbocycles. The number of para-hydroxylation sites is 3. The Morgan fingerprint density at radius 1 is 1.00 bits per heavy atom. The van der Waals surface area contributed by atoms with Gasteiger partial charge in [-0.25, -0.2) is 4.98 Å². The number of benzene rings is 3. The molecule has 0 radical (unpaired) electrons. The van der Waals surface area contributed by atoms with Crippen LogP contribution in [0.5, 0.6) is 5.75 Å². The van der Waals surface area contributed by atoms with E-state index in [0.29, 0.717) is 17.0 Å². The van der Waals surface area contributed by atoms with Gasteiger partial charge in [0.1, 0.15) is 12.1 Å². The van der Waals surface area contributed by atoms with Gasteiger partial charge in [-0.1, -0.05) is 30.3 Å². The van der Waals surface area contributed by atoms with Gasteiger partial charge >= 0.3 is 0 Å². The number of hydrogen-bond donors (Lipinski definition) is 1. The summed E-state index contributed by atoms with van der Waals surface area (Å²) < 4.78 is 7.27. The maximum Gasteiger partial charge on any atom is 0.255 e. The van der Waals surface area contributed by atoms with Gasteiger partial charge in [0, 0.05) is 11.3 Å². The largest absolute Gasteiger partial charge is 0.495 e. The lowest BCUT2D eigenvalue weighted by Gasteiger charge is -2.10. The summed E-state index contributed by atoms with van der Waals surface area (Å²) in [6.07, 6.45) is 1.77. The Morgan fingerprint density at radius 3 is 2.58 bits per heavy atom. The Kier molecular flexibility index (Phi) is 4.11. The van der Waals surface area contributed by atoms with Crippen molar-refractivity contribution in [1.82, 2.24) is 9.55 Å². The van der Waals surface area contributed by atoms with E-state index in [1.807, 2.05) is 53.1 Å². The number of nitrogens with one attached hydrogen (secondary N) is 1. The van der Waals surface area contributed by atoms with Crippen molar-refractivity contribution >= 4 is 22.6 Å². The number of aromatic nitrogens is 2. The van der Waals surface area contributed by atoms with Crippen LogP contribution in [0.1, 0.15) is 10.4 Å². The summed E-state index contributed by atoms with van der Waals surface area (Å²) >= 11 is 0. The Morgan fingerprint density at radius 2 is 1.77 bits per heavy atom. The van der Waals surface area contributed by atoms with Gasteiger partial charge < -0.3 is 10.1 Å². The summed E-state index contributed by atoms with van der Waals surface area (Å²) in [5.41, 5.74) is 3.92. The molecule has 0 spiro atoms. The zero-order valence-corrected chi connectivity index (χ0v) is 14.2. The second kappa shape index (κ2) is 6.72. The van der Waals surface area contributed by atoms with Crippen molar-refractivity contribution in [2.75, 3.05) is 12.4 Å². The van der Waals surface area contributed by atoms with Gasteiger partial charge in [0.15, 0.2) is 0 Å². The van der Waals surface area contributed by atoms with Gasteiger partial charge in [0.2, 0.25) is 0 Å². The van der Waals surface area contributed by atoms with Crippen LogP contribution in [0.15, 0.2) is 79.1 Å². The fourth-order valence-corrected chi connectivity index (χ4v) is 2.89. The number of hydrogen-bond acceptors (Lipinski definition) is 3. The summed E-state index contributed by atoms with van der Waals surface area (Å²) in [6.45, 7) is 0. The van der Waals surface area contributed by atoms with Gasteiger partial charge in [-0.05, 0) is 42.5 Å². The molecule has 0 atom stereocenters. The molecule has 3 aromatic carbocycles. The molecule has 0 aliphatic heterocycles. The third-order valence-electron chi connectivity index (χ3n) is 4.20. The molecule has 0 bridgehead atoms. The molecular weight excluding hydrogens is 326 g/mol. The van der Waals surface area contributed by atoms with E-state index in [0.717, 1.165) is 16.7 Å². The van der Waals surface area contributed by atoms with Crippen molar-refractivity contribution in [2.45, 2.75) is 0 Å². The number of fused-ring (bicyclic) bond motifs is 1. The van der Waals surface area contributed by atoms with Crippen molar-refractivity contribution in [2.24, 2.45) is 0 Å². The first-order chi connectivity index (χ1) is 12.8. The number of amides is 1. The summed E-state index contributed by atoms with van der Waals surface area (Å²) in [5, 5.41) is 2.88. The van der Waals surface area contributed by atoms with Crippen molar-refractivity contribution in [1.29, 1.82) is 0 Å². The van der Waals surface area contributed by atoms with Gasteiger partial charge in [0.25, 0.3) is 5.91 Å². The van der Waals surface area contributed by atoms with Gasteiger partial charge in [0.05, 0.1) is 23.8 Å². The smallest absolute Gasteiger partial charge is 0.255 e. The van der Waals surface area contributed by atoms with Crippen LogP contribution in [0.25, 0.3) is 16.7 Å². The van der Waals surface area contributed by atoms with E-state index in [1.54, 1.807) is 37.7 Å². The average Bonchev–Trinajstić information content (AvgIpc) is 3.12. The normalized spacial score (nSPS) is 10.7. The average molecular weight is 343 g/mol. The third kappa shape index (κ3) is 2.91. The molecule has 0 saturated heterocycles. The Balaban J connectivity index is 1.65. The monoisotopic (exact) mass is 343 g/mol. The van der Waals surface area contributed by atoms with E-state index in [1.165, 1.54) is 0 Å². The number of anilines is 1. The quantitative estimate of drug-likeness (QED) is 0.601. The lowest BCUT2D eigenvalue weighted by molar-refractivity contribution is 0.102. The van der Waals surface area contributed by atoms with Crippen LogP contribution < -0.4 is 10.1 Å². The van der Waals surface area contributed by atoms with Crippen LogP contribution in [-0.2, 0) is 0 Å². The molecule has 26 heavy (non-hydrogen) atoms. The summed E-state index contributed by atoms with van der Waals surface area (Å²) in [4.78, 5) is 17.0. The zero-order chi connectivity index (χ0) is 17.9. The first-order valence-electron chi connectivity index (χ1n) is 8.23. The number of methoxy groups -OCH3 is 1. The van der Waals surface area contributed by atoms with Crippen LogP contribution in [-0.4, -0.2) is 22.6 Å². The molecule has 0 unspecified atom stereocenters. The third-order valence-corrected chi connectivity index (χ3v) is 4.20. The molecule has 4 rings (SSSR count). The fourth-order valence-electron chi connectivity index (χ4n) is 2.89. The predicted molar refractivity (Wildman–Crippen MR) is 102 cm³/mol. The molecule has 0 aliphatic carbocycles. The molecule has 4 aromatic rings. The number of ether oxygens (including phenoxy) is 1. The molecule has 5 nitrogen and oxygen atoms in total. The Labute approximate surface area is 150 Å². The molecule has 0 fully saturated rings. The second-order valence-electron chi connectivity index (χ2n) is 5.81. The van der Waals surface area contributed by atoms with Crippen LogP contribution in [0.3, 0.4) is 0 Å². The SMILES string of the molecule is COc1ccccc1NC(=O)c1ccc2c(c1)ncn2-c1ccccc1. The lowest BCUT2D eigenvalue weighted by Crippen LogP contribution is -2.12. The number of imidazole rings is 1. The molecule has 1 aromatic heterocycles. The minimum Gasteiger partial charge on any atom is -0.495 e. The number of carbonyl (C=O) groups is 1. The molecule has 5 heteroatoms. The highest BCUT2D eigenvalue weighted by Gasteiger charge is 2.12. The van der Waals surface area contributed by atoms with Crippen LogP contribution in [0.2, 0.25) is 0 Å². The van der Waals surface area contributed by atoms with Crippen LogP contribution >= 0.6 is 0 Å². The summed E-state index contributed by atoms with van der Waals surface area (Å²) in [6, 6.07) is 22.8. The zero-order valence-electron chi connectivity index (χ0n) is 14.2. The van der Waals surface area contributed by atoms with Crippen molar-refractivity contribution in [3.05, 3.63) is 84.7 Å². The number of carbonyl (C=O) groups excluding carboxylic acids is 1. The predicted octanol–water partition coefficient (Wildman–Crippen LogP) is 4.29. The van der Waals surface area contributed by atoms with Gasteiger partial charge in [-0.15, -0.1) is 0 Å². The van der Waals surface area contributed by atoms with Gasteiger partial charge in [-0.2, -0.15) is 0 Å². The molecular formula is C21H17N3O2. The van der Waals surface area contributed by atoms with Gasteiger partial charge in [-0.3, -0.25) is 9.36 Å². The van der Waals surface area contributed by atoms with Crippen LogP contribution in [0, 0.1) is 0 Å². The van der Waals surface area contributed by atoms with E-state index < -0.39 is 0 Å². The molecule has 0 aliphatic rings. The second-order valence-corrected chi connectivity index (χ2v) is 5.81. The van der Waals surface area contributed by atoms with Crippen LogP contribution in [0.4, 0.5) is 5.69 Å². The maximum absolute atomic E-state index is 12.6. The molecule has 1 amide bonds. The Hall–Kier alpha value is -3.60. The first-order valence-corrected chi connectivity index (χ1v) is 8.23. The Bertz CT molecular complexity index is 1070. The summed E-state index contributed by atoms with van der Waals surface area (Å²) in [7, 11) is 1.58. The fraction of sp³-hybridized carbons (Fsp3) is 0.0476. The number of nitrogens with zero attached hydrogens (tertiary/aromatic N) is 2. The maximum atomic E-state index is 12.6. The molecule has 128 valence electrons. The first kappa shape index (κ1) is 15.9. The number of rotatable bonds is 4. The highest BCUT2D eigenvalue weighted by Crippen LogP contribution is 2.24. The van der Waals surface area contributed by atoms with Crippen molar-refractivity contribution in [3.63, 3.8) is 0 Å². The van der Waals surface area contributed by atoms with Crippen molar-refractivity contribution < 1.29 is 9.53 Å². The topological polar surface area (TPSA) is 56.1 Å². The summed E-state index contributed by atoms with van der Waals surface area (Å²) in [5.74, 6) is 0.418. The molecule has 1 N–H and O–H groups in total. The highest BCUT2D eigenvalue weighted by molar-refractivity contribution is 6.06. The van der Waals surface area contributed by atoms with E-state index >= 15 is 0 Å². The lowest BCUT2D eigenvalue weighted by atomic mass is 10.1. The molecule has 1 heterocycles. The van der Waals surface area contributed by atoms with E-state index in [9.17, 15) is 4.79 Å². The minimum absolute atomic E-state index is 0.203. The van der Waals surface area contributed by atoms with E-state index in [2.05, 4.69) is 10.3 Å². The minimum atomic E-state index is -0.203. The van der Waals surface area contributed by atoms with Crippen molar-refractivity contribution in [3.8, 4) is 11.4 Å². The van der Waals surface area contributed by atoms with E-state index in [-0.39, 0.29) is 5.91 Å². The van der Waals surface area contributed by atoms with E-state index in [4.69, 9.17) is 4.74 Å².